The Morgan fingerprint density at radius 3 is 2.75 bits per heavy atom. The summed E-state index contributed by atoms with van der Waals surface area (Å²) in [6.45, 7) is 5.54. The second-order valence-electron chi connectivity index (χ2n) is 5.74. The van der Waals surface area contributed by atoms with Crippen molar-refractivity contribution in [1.29, 1.82) is 5.26 Å². The predicted octanol–water partition coefficient (Wildman–Crippen LogP) is 2.44. The van der Waals surface area contributed by atoms with Crippen LogP contribution in [-0.2, 0) is 4.74 Å². The summed E-state index contributed by atoms with van der Waals surface area (Å²) in [7, 11) is 0. The molecule has 2 atom stereocenters. The van der Waals surface area contributed by atoms with Crippen LogP contribution in [0.3, 0.4) is 0 Å². The van der Waals surface area contributed by atoms with Crippen LogP contribution in [0, 0.1) is 11.3 Å². The van der Waals surface area contributed by atoms with Gasteiger partial charge in [0.25, 0.3) is 0 Å². The maximum absolute atomic E-state index is 12.0. The van der Waals surface area contributed by atoms with Gasteiger partial charge in [-0.15, -0.1) is 0 Å². The highest BCUT2D eigenvalue weighted by atomic mass is 16.6. The van der Waals surface area contributed by atoms with Crippen LogP contribution in [0.4, 0.5) is 4.79 Å². The zero-order chi connectivity index (χ0) is 12.0. The fourth-order valence-corrected chi connectivity index (χ4v) is 2.69. The zero-order valence-electron chi connectivity index (χ0n) is 10.1. The molecule has 1 saturated carbocycles. The van der Waals surface area contributed by atoms with Crippen molar-refractivity contribution >= 4 is 6.09 Å². The second-order valence-corrected chi connectivity index (χ2v) is 5.74. The van der Waals surface area contributed by atoms with E-state index in [0.29, 0.717) is 0 Å². The predicted molar refractivity (Wildman–Crippen MR) is 58.7 cm³/mol. The van der Waals surface area contributed by atoms with E-state index < -0.39 is 11.1 Å². The highest BCUT2D eigenvalue weighted by molar-refractivity contribution is 5.72. The molecule has 4 heteroatoms. The SMILES string of the molecule is CC(C)(C)OC(=O)N1C2CCCC1(C#N)C2. The monoisotopic (exact) mass is 222 g/mol. The van der Waals surface area contributed by atoms with E-state index >= 15 is 0 Å². The summed E-state index contributed by atoms with van der Waals surface area (Å²) in [5, 5.41) is 9.21. The van der Waals surface area contributed by atoms with Crippen LogP contribution in [-0.4, -0.2) is 28.2 Å². The van der Waals surface area contributed by atoms with Gasteiger partial charge in [0.05, 0.1) is 6.07 Å². The van der Waals surface area contributed by atoms with Crippen LogP contribution in [0.1, 0.15) is 46.5 Å². The normalized spacial score (nSPS) is 32.6. The molecule has 3 fully saturated rings. The van der Waals surface area contributed by atoms with Crippen LogP contribution in [0.5, 0.6) is 0 Å². The first-order valence-corrected chi connectivity index (χ1v) is 5.81. The molecular formula is C12H18N2O2. The number of ether oxygens (including phenoxy) is 1. The molecule has 4 nitrogen and oxygen atoms in total. The van der Waals surface area contributed by atoms with Crippen LogP contribution in [0.25, 0.3) is 0 Å². The topological polar surface area (TPSA) is 53.3 Å². The average molecular weight is 222 g/mol. The van der Waals surface area contributed by atoms with Gasteiger partial charge in [-0.2, -0.15) is 5.26 Å². The van der Waals surface area contributed by atoms with Crippen LogP contribution < -0.4 is 0 Å². The molecule has 0 N–H and O–H groups in total. The fraction of sp³-hybridized carbons (Fsp3) is 0.833. The van der Waals surface area contributed by atoms with E-state index in [1.54, 1.807) is 4.90 Å². The van der Waals surface area contributed by atoms with Gasteiger partial charge in [0, 0.05) is 12.5 Å². The van der Waals surface area contributed by atoms with Crippen molar-refractivity contribution in [3.05, 3.63) is 0 Å². The highest BCUT2D eigenvalue weighted by Crippen LogP contribution is 2.47. The first-order valence-electron chi connectivity index (χ1n) is 5.81. The number of piperidine rings is 1. The molecule has 3 aliphatic rings. The molecule has 3 rings (SSSR count). The van der Waals surface area contributed by atoms with Crippen molar-refractivity contribution in [3.63, 3.8) is 0 Å². The minimum atomic E-state index is -0.564. The van der Waals surface area contributed by atoms with Crippen molar-refractivity contribution in [2.75, 3.05) is 0 Å². The number of carbonyl (C=O) groups excluding carboxylic acids is 1. The smallest absolute Gasteiger partial charge is 0.411 e. The van der Waals surface area contributed by atoms with E-state index in [-0.39, 0.29) is 12.1 Å². The van der Waals surface area contributed by atoms with Crippen LogP contribution in [0.15, 0.2) is 0 Å². The van der Waals surface area contributed by atoms with Gasteiger partial charge in [0.1, 0.15) is 11.1 Å². The Hall–Kier alpha value is -1.24. The Morgan fingerprint density at radius 1 is 1.56 bits per heavy atom. The number of hydrogen-bond acceptors (Lipinski definition) is 3. The van der Waals surface area contributed by atoms with Crippen LogP contribution in [0.2, 0.25) is 0 Å². The van der Waals surface area contributed by atoms with Crippen molar-refractivity contribution in [3.8, 4) is 6.07 Å². The van der Waals surface area contributed by atoms with Gasteiger partial charge < -0.3 is 4.74 Å². The molecule has 16 heavy (non-hydrogen) atoms. The first kappa shape index (κ1) is 11.3. The molecule has 2 unspecified atom stereocenters. The quantitative estimate of drug-likeness (QED) is 0.632. The lowest BCUT2D eigenvalue weighted by molar-refractivity contribution is -0.0818. The number of rotatable bonds is 0. The second kappa shape index (κ2) is 3.38. The van der Waals surface area contributed by atoms with Crippen molar-refractivity contribution in [2.45, 2.75) is 63.6 Å². The number of amides is 1. The summed E-state index contributed by atoms with van der Waals surface area (Å²) in [5.74, 6) is 0. The molecule has 0 radical (unpaired) electrons. The van der Waals surface area contributed by atoms with Gasteiger partial charge in [-0.05, 0) is 40.0 Å². The van der Waals surface area contributed by atoms with E-state index in [1.165, 1.54) is 0 Å². The summed E-state index contributed by atoms with van der Waals surface area (Å²) in [5.41, 5.74) is -1.05. The third-order valence-electron chi connectivity index (χ3n) is 3.33. The summed E-state index contributed by atoms with van der Waals surface area (Å²) >= 11 is 0. The van der Waals surface area contributed by atoms with E-state index in [9.17, 15) is 10.1 Å². The number of nitrogens with zero attached hydrogens (tertiary/aromatic N) is 2. The molecular weight excluding hydrogens is 204 g/mol. The number of fused-ring (bicyclic) bond motifs is 2. The number of nitriles is 1. The molecule has 0 aromatic carbocycles. The van der Waals surface area contributed by atoms with Crippen molar-refractivity contribution < 1.29 is 9.53 Å². The third-order valence-corrected chi connectivity index (χ3v) is 3.33. The Labute approximate surface area is 96.2 Å². The molecule has 88 valence electrons. The molecule has 2 saturated heterocycles. The molecule has 2 heterocycles. The Kier molecular flexibility index (Phi) is 2.37. The molecule has 2 aliphatic heterocycles. The molecule has 0 spiro atoms. The van der Waals surface area contributed by atoms with Gasteiger partial charge in [-0.25, -0.2) is 4.79 Å². The van der Waals surface area contributed by atoms with Gasteiger partial charge in [-0.1, -0.05) is 0 Å². The lowest BCUT2D eigenvalue weighted by Gasteiger charge is -2.57. The maximum Gasteiger partial charge on any atom is 0.411 e. The highest BCUT2D eigenvalue weighted by Gasteiger charge is 2.58. The largest absolute Gasteiger partial charge is 0.444 e. The molecule has 0 aromatic heterocycles. The van der Waals surface area contributed by atoms with Gasteiger partial charge in [-0.3, -0.25) is 4.90 Å². The maximum atomic E-state index is 12.0. The van der Waals surface area contributed by atoms with Gasteiger partial charge in [0.2, 0.25) is 0 Å². The summed E-state index contributed by atoms with van der Waals surface area (Å²) in [4.78, 5) is 13.6. The summed E-state index contributed by atoms with van der Waals surface area (Å²) < 4.78 is 5.34. The number of carbonyl (C=O) groups is 1. The molecule has 0 aromatic rings. The molecule has 2 bridgehead atoms. The minimum Gasteiger partial charge on any atom is -0.444 e. The summed E-state index contributed by atoms with van der Waals surface area (Å²) in [6, 6.07) is 2.51. The summed E-state index contributed by atoms with van der Waals surface area (Å²) in [6.07, 6.45) is 3.33. The zero-order valence-corrected chi connectivity index (χ0v) is 10.1. The standard InChI is InChI=1S/C12H18N2O2/c1-11(2,3)16-10(15)14-9-5-4-6-12(14,7-9)8-13/h9H,4-7H2,1-3H3. The fourth-order valence-electron chi connectivity index (χ4n) is 2.69. The van der Waals surface area contributed by atoms with Gasteiger partial charge >= 0.3 is 6.09 Å². The van der Waals surface area contributed by atoms with E-state index in [2.05, 4.69) is 6.07 Å². The Bertz CT molecular complexity index is 349. The lowest BCUT2D eigenvalue weighted by atomic mass is 9.69. The number of hydrogen-bond donors (Lipinski definition) is 0. The minimum absolute atomic E-state index is 0.225. The molecule has 1 amide bonds. The first-order chi connectivity index (χ1) is 7.38. The van der Waals surface area contributed by atoms with Crippen molar-refractivity contribution in [1.82, 2.24) is 4.90 Å². The van der Waals surface area contributed by atoms with Gasteiger partial charge in [0.15, 0.2) is 0 Å². The lowest BCUT2D eigenvalue weighted by Crippen LogP contribution is -2.70. The van der Waals surface area contributed by atoms with E-state index in [1.807, 2.05) is 20.8 Å². The van der Waals surface area contributed by atoms with Crippen molar-refractivity contribution in [2.24, 2.45) is 0 Å². The Morgan fingerprint density at radius 2 is 2.25 bits per heavy atom. The third kappa shape index (κ3) is 1.64. The van der Waals surface area contributed by atoms with Crippen LogP contribution >= 0.6 is 0 Å². The van der Waals surface area contributed by atoms with E-state index in [0.717, 1.165) is 25.7 Å². The van der Waals surface area contributed by atoms with E-state index in [4.69, 9.17) is 4.74 Å². The average Bonchev–Trinajstić information content (AvgIpc) is 2.14. The Balaban J connectivity index is 2.11. The molecule has 1 aliphatic carbocycles.